The summed E-state index contributed by atoms with van der Waals surface area (Å²) in [7, 11) is -3.66. The number of amides is 1. The van der Waals surface area contributed by atoms with Crippen LogP contribution in [0.3, 0.4) is 0 Å². The quantitative estimate of drug-likeness (QED) is 0.580. The van der Waals surface area contributed by atoms with Gasteiger partial charge in [-0.05, 0) is 43.3 Å². The second-order valence-electron chi connectivity index (χ2n) is 6.17. The van der Waals surface area contributed by atoms with Crippen molar-refractivity contribution in [2.75, 3.05) is 25.0 Å². The van der Waals surface area contributed by atoms with E-state index in [0.29, 0.717) is 36.7 Å². The zero-order chi connectivity index (χ0) is 21.0. The number of thiazole rings is 1. The SMILES string of the molecule is CCOc1ccc(S(=O)(=O)N(CC)CC)cc1NC(=O)c1ccc2ncsc2c1. The number of ether oxygens (including phenoxy) is 1. The molecule has 3 aromatic rings. The van der Waals surface area contributed by atoms with Gasteiger partial charge in [-0.1, -0.05) is 13.8 Å². The van der Waals surface area contributed by atoms with Gasteiger partial charge < -0.3 is 10.1 Å². The van der Waals surface area contributed by atoms with E-state index >= 15 is 0 Å². The number of hydrogen-bond acceptors (Lipinski definition) is 6. The highest BCUT2D eigenvalue weighted by Crippen LogP contribution is 2.30. The van der Waals surface area contributed by atoms with Crippen LogP contribution in [-0.4, -0.2) is 43.3 Å². The second-order valence-corrected chi connectivity index (χ2v) is 8.99. The first kappa shape index (κ1) is 21.2. The molecule has 3 rings (SSSR count). The molecule has 29 heavy (non-hydrogen) atoms. The van der Waals surface area contributed by atoms with Crippen molar-refractivity contribution in [2.24, 2.45) is 0 Å². The number of rotatable bonds is 8. The highest BCUT2D eigenvalue weighted by Gasteiger charge is 2.23. The van der Waals surface area contributed by atoms with Crippen LogP contribution in [0, 0.1) is 0 Å². The lowest BCUT2D eigenvalue weighted by atomic mass is 10.2. The Bertz CT molecular complexity index is 1120. The highest BCUT2D eigenvalue weighted by molar-refractivity contribution is 7.89. The summed E-state index contributed by atoms with van der Waals surface area (Å²) in [5, 5.41) is 2.79. The Morgan fingerprint density at radius 3 is 2.59 bits per heavy atom. The van der Waals surface area contributed by atoms with Crippen LogP contribution >= 0.6 is 11.3 Å². The van der Waals surface area contributed by atoms with Gasteiger partial charge in [0.05, 0.1) is 32.9 Å². The molecule has 0 aliphatic heterocycles. The van der Waals surface area contributed by atoms with Crippen molar-refractivity contribution < 1.29 is 17.9 Å². The Morgan fingerprint density at radius 2 is 1.90 bits per heavy atom. The zero-order valence-corrected chi connectivity index (χ0v) is 18.1. The molecule has 0 saturated carbocycles. The van der Waals surface area contributed by atoms with Crippen LogP contribution in [-0.2, 0) is 10.0 Å². The molecule has 0 aliphatic rings. The lowest BCUT2D eigenvalue weighted by molar-refractivity contribution is 0.102. The smallest absolute Gasteiger partial charge is 0.255 e. The Kier molecular flexibility index (Phi) is 6.51. The number of nitrogens with zero attached hydrogens (tertiary/aromatic N) is 2. The fraction of sp³-hybridized carbons (Fsp3) is 0.300. The number of aromatic nitrogens is 1. The Labute approximate surface area is 174 Å². The second kappa shape index (κ2) is 8.89. The van der Waals surface area contributed by atoms with E-state index in [0.717, 1.165) is 10.2 Å². The standard InChI is InChI=1S/C20H23N3O4S2/c1-4-23(5-2)29(25,26)15-8-10-18(27-6-3)17(12-15)22-20(24)14-7-9-16-19(11-14)28-13-21-16/h7-13H,4-6H2,1-3H3,(H,22,24). The van der Waals surface area contributed by atoms with Gasteiger partial charge in [-0.3, -0.25) is 4.79 Å². The fourth-order valence-corrected chi connectivity index (χ4v) is 5.15. The molecule has 1 N–H and O–H groups in total. The first-order valence-electron chi connectivity index (χ1n) is 9.32. The maximum atomic E-state index is 12.9. The van der Waals surface area contributed by atoms with Crippen LogP contribution in [0.25, 0.3) is 10.2 Å². The van der Waals surface area contributed by atoms with Gasteiger partial charge in [-0.15, -0.1) is 11.3 Å². The number of sulfonamides is 1. The molecule has 1 amide bonds. The molecule has 0 aliphatic carbocycles. The van der Waals surface area contributed by atoms with E-state index in [2.05, 4.69) is 10.3 Å². The van der Waals surface area contributed by atoms with Crippen LogP contribution in [0.4, 0.5) is 5.69 Å². The Balaban J connectivity index is 1.96. The van der Waals surface area contributed by atoms with Crippen LogP contribution < -0.4 is 10.1 Å². The molecule has 0 saturated heterocycles. The third-order valence-electron chi connectivity index (χ3n) is 4.44. The van der Waals surface area contributed by atoms with E-state index in [1.165, 1.54) is 27.8 Å². The van der Waals surface area contributed by atoms with Crippen molar-refractivity contribution in [2.45, 2.75) is 25.7 Å². The molecule has 7 nitrogen and oxygen atoms in total. The summed E-state index contributed by atoms with van der Waals surface area (Å²) in [6, 6.07) is 9.75. The molecule has 1 aromatic heterocycles. The third kappa shape index (κ3) is 4.42. The van der Waals surface area contributed by atoms with Gasteiger partial charge in [0.15, 0.2) is 0 Å². The third-order valence-corrected chi connectivity index (χ3v) is 7.27. The molecule has 0 radical (unpaired) electrons. The maximum Gasteiger partial charge on any atom is 0.255 e. The minimum absolute atomic E-state index is 0.109. The summed E-state index contributed by atoms with van der Waals surface area (Å²) in [5.41, 5.74) is 3.32. The summed E-state index contributed by atoms with van der Waals surface area (Å²) >= 11 is 1.45. The fourth-order valence-electron chi connectivity index (χ4n) is 2.95. The van der Waals surface area contributed by atoms with E-state index in [1.807, 2.05) is 6.92 Å². The lowest BCUT2D eigenvalue weighted by Crippen LogP contribution is -2.30. The van der Waals surface area contributed by atoms with Crippen molar-refractivity contribution in [3.8, 4) is 5.75 Å². The summed E-state index contributed by atoms with van der Waals surface area (Å²) < 4.78 is 33.6. The molecule has 0 bridgehead atoms. The summed E-state index contributed by atoms with van der Waals surface area (Å²) in [5.74, 6) is 0.0665. The molecule has 0 unspecified atom stereocenters. The van der Waals surface area contributed by atoms with Crippen LogP contribution in [0.5, 0.6) is 5.75 Å². The van der Waals surface area contributed by atoms with E-state index in [9.17, 15) is 13.2 Å². The molecule has 9 heteroatoms. The van der Waals surface area contributed by atoms with Gasteiger partial charge in [-0.25, -0.2) is 13.4 Å². The minimum atomic E-state index is -3.66. The van der Waals surface area contributed by atoms with Crippen LogP contribution in [0.15, 0.2) is 46.8 Å². The molecule has 0 spiro atoms. The molecular formula is C20H23N3O4S2. The Hall–Kier alpha value is -2.49. The first-order chi connectivity index (χ1) is 13.9. The first-order valence-corrected chi connectivity index (χ1v) is 11.6. The maximum absolute atomic E-state index is 12.9. The molecule has 0 fully saturated rings. The van der Waals surface area contributed by atoms with Gasteiger partial charge >= 0.3 is 0 Å². The number of hydrogen-bond donors (Lipinski definition) is 1. The monoisotopic (exact) mass is 433 g/mol. The average Bonchev–Trinajstić information content (AvgIpc) is 3.18. The van der Waals surface area contributed by atoms with Crippen molar-refractivity contribution in [1.29, 1.82) is 0 Å². The van der Waals surface area contributed by atoms with E-state index in [1.54, 1.807) is 43.6 Å². The molecule has 1 heterocycles. The van der Waals surface area contributed by atoms with Crippen molar-refractivity contribution in [3.05, 3.63) is 47.5 Å². The van der Waals surface area contributed by atoms with E-state index < -0.39 is 10.0 Å². The number of benzene rings is 2. The number of fused-ring (bicyclic) bond motifs is 1. The number of carbonyl (C=O) groups is 1. The predicted molar refractivity (Wildman–Crippen MR) is 115 cm³/mol. The molecule has 2 aromatic carbocycles. The van der Waals surface area contributed by atoms with Gasteiger partial charge in [0.1, 0.15) is 5.75 Å². The normalized spacial score (nSPS) is 11.7. The van der Waals surface area contributed by atoms with Gasteiger partial charge in [-0.2, -0.15) is 4.31 Å². The van der Waals surface area contributed by atoms with E-state index in [-0.39, 0.29) is 10.8 Å². The Morgan fingerprint density at radius 1 is 1.14 bits per heavy atom. The van der Waals surface area contributed by atoms with Crippen molar-refractivity contribution in [3.63, 3.8) is 0 Å². The van der Waals surface area contributed by atoms with Gasteiger partial charge in [0.25, 0.3) is 5.91 Å². The zero-order valence-electron chi connectivity index (χ0n) is 16.5. The molecule has 154 valence electrons. The van der Waals surface area contributed by atoms with Crippen LogP contribution in [0.1, 0.15) is 31.1 Å². The van der Waals surface area contributed by atoms with Crippen LogP contribution in [0.2, 0.25) is 0 Å². The highest BCUT2D eigenvalue weighted by atomic mass is 32.2. The van der Waals surface area contributed by atoms with Gasteiger partial charge in [0, 0.05) is 18.7 Å². The average molecular weight is 434 g/mol. The largest absolute Gasteiger partial charge is 0.492 e. The minimum Gasteiger partial charge on any atom is -0.492 e. The number of nitrogens with one attached hydrogen (secondary N) is 1. The summed E-state index contributed by atoms with van der Waals surface area (Å²) in [6.45, 7) is 6.51. The summed E-state index contributed by atoms with van der Waals surface area (Å²) in [6.07, 6.45) is 0. The predicted octanol–water partition coefficient (Wildman–Crippen LogP) is 3.98. The number of anilines is 1. The number of carbonyl (C=O) groups excluding carboxylic acids is 1. The van der Waals surface area contributed by atoms with Crippen molar-refractivity contribution in [1.82, 2.24) is 9.29 Å². The lowest BCUT2D eigenvalue weighted by Gasteiger charge is -2.20. The van der Waals surface area contributed by atoms with E-state index in [4.69, 9.17) is 4.74 Å². The topological polar surface area (TPSA) is 88.6 Å². The molecular weight excluding hydrogens is 410 g/mol. The molecule has 0 atom stereocenters. The summed E-state index contributed by atoms with van der Waals surface area (Å²) in [4.78, 5) is 17.1. The van der Waals surface area contributed by atoms with Crippen molar-refractivity contribution >= 4 is 43.2 Å². The van der Waals surface area contributed by atoms with Gasteiger partial charge in [0.2, 0.25) is 10.0 Å².